The van der Waals surface area contributed by atoms with Crippen LogP contribution in [0.1, 0.15) is 16.8 Å². The molecule has 1 atom stereocenters. The molecule has 0 spiro atoms. The number of rotatable bonds is 1. The molecule has 1 saturated heterocycles. The predicted octanol–water partition coefficient (Wildman–Crippen LogP) is 2.44. The van der Waals surface area contributed by atoms with Gasteiger partial charge in [-0.25, -0.2) is 4.39 Å². The van der Waals surface area contributed by atoms with Crippen LogP contribution in [0, 0.1) is 5.82 Å². The Morgan fingerprint density at radius 3 is 2.80 bits per heavy atom. The van der Waals surface area contributed by atoms with Crippen molar-refractivity contribution in [2.45, 2.75) is 11.2 Å². The second-order valence-electron chi connectivity index (χ2n) is 3.62. The molecule has 2 nitrogen and oxygen atoms in total. The summed E-state index contributed by atoms with van der Waals surface area (Å²) in [6, 6.07) is 6.11. The van der Waals surface area contributed by atoms with E-state index < -0.39 is 5.82 Å². The summed E-state index contributed by atoms with van der Waals surface area (Å²) in [5.41, 5.74) is 0.166. The summed E-state index contributed by atoms with van der Waals surface area (Å²) >= 11 is 3.45. The number of alkyl halides is 1. The lowest BCUT2D eigenvalue weighted by atomic mass is 10.2. The third-order valence-corrected chi connectivity index (χ3v) is 3.27. The quantitative estimate of drug-likeness (QED) is 0.719. The van der Waals surface area contributed by atoms with Gasteiger partial charge in [-0.1, -0.05) is 28.1 Å². The summed E-state index contributed by atoms with van der Waals surface area (Å²) in [7, 11) is 0. The summed E-state index contributed by atoms with van der Waals surface area (Å²) in [6.45, 7) is 1.36. The lowest BCUT2D eigenvalue weighted by Gasteiger charge is -2.15. The van der Waals surface area contributed by atoms with Crippen molar-refractivity contribution in [3.8, 4) is 0 Å². The van der Waals surface area contributed by atoms with E-state index in [-0.39, 0.29) is 11.5 Å². The minimum atomic E-state index is -0.444. The van der Waals surface area contributed by atoms with E-state index in [1.54, 1.807) is 17.0 Å². The number of benzene rings is 1. The van der Waals surface area contributed by atoms with Crippen LogP contribution in [0.25, 0.3) is 0 Å². The summed E-state index contributed by atoms with van der Waals surface area (Å²) < 4.78 is 13.3. The number of carbonyl (C=O) groups excluding carboxylic acids is 1. The van der Waals surface area contributed by atoms with Crippen LogP contribution in [-0.4, -0.2) is 28.7 Å². The normalized spacial score (nSPS) is 20.7. The van der Waals surface area contributed by atoms with Crippen LogP contribution in [-0.2, 0) is 0 Å². The maximum atomic E-state index is 13.3. The zero-order valence-electron chi connectivity index (χ0n) is 8.12. The van der Waals surface area contributed by atoms with E-state index in [4.69, 9.17) is 0 Å². The molecular formula is C11H11BrFNO. The standard InChI is InChI=1S/C11H11BrFNO/c12-8-5-6-14(7-8)11(15)9-3-1-2-4-10(9)13/h1-4,8H,5-7H2. The number of hydrogen-bond acceptors (Lipinski definition) is 1. The first-order chi connectivity index (χ1) is 7.18. The lowest BCUT2D eigenvalue weighted by Crippen LogP contribution is -2.29. The Morgan fingerprint density at radius 1 is 1.47 bits per heavy atom. The number of hydrogen-bond donors (Lipinski definition) is 0. The maximum Gasteiger partial charge on any atom is 0.256 e. The highest BCUT2D eigenvalue weighted by Crippen LogP contribution is 2.19. The Hall–Kier alpha value is -0.900. The monoisotopic (exact) mass is 271 g/mol. The Kier molecular flexibility index (Phi) is 3.05. The van der Waals surface area contributed by atoms with Crippen LogP contribution in [0.2, 0.25) is 0 Å². The van der Waals surface area contributed by atoms with Crippen molar-refractivity contribution >= 4 is 21.8 Å². The van der Waals surface area contributed by atoms with Gasteiger partial charge in [-0.3, -0.25) is 4.79 Å². The first-order valence-electron chi connectivity index (χ1n) is 4.86. The molecule has 1 heterocycles. The number of nitrogens with zero attached hydrogens (tertiary/aromatic N) is 1. The fraction of sp³-hybridized carbons (Fsp3) is 0.364. The molecule has 0 aromatic heterocycles. The Labute approximate surface area is 96.2 Å². The molecule has 4 heteroatoms. The molecule has 1 aliphatic rings. The molecule has 0 saturated carbocycles. The van der Waals surface area contributed by atoms with E-state index in [9.17, 15) is 9.18 Å². The molecule has 0 aliphatic carbocycles. The molecule has 0 radical (unpaired) electrons. The first kappa shape index (κ1) is 10.6. The Morgan fingerprint density at radius 2 is 2.20 bits per heavy atom. The van der Waals surface area contributed by atoms with Crippen molar-refractivity contribution in [3.05, 3.63) is 35.6 Å². The summed E-state index contributed by atoms with van der Waals surface area (Å²) in [4.78, 5) is 13.9. The molecule has 1 aliphatic heterocycles. The van der Waals surface area contributed by atoms with E-state index in [1.807, 2.05) is 0 Å². The van der Waals surface area contributed by atoms with E-state index >= 15 is 0 Å². The first-order valence-corrected chi connectivity index (χ1v) is 5.78. The van der Waals surface area contributed by atoms with E-state index in [1.165, 1.54) is 12.1 Å². The topological polar surface area (TPSA) is 20.3 Å². The van der Waals surface area contributed by atoms with Gasteiger partial charge in [-0.2, -0.15) is 0 Å². The van der Waals surface area contributed by atoms with Gasteiger partial charge in [0.2, 0.25) is 0 Å². The third kappa shape index (κ3) is 2.20. The highest BCUT2D eigenvalue weighted by Gasteiger charge is 2.26. The van der Waals surface area contributed by atoms with E-state index in [0.29, 0.717) is 17.9 Å². The smallest absolute Gasteiger partial charge is 0.256 e. The van der Waals surface area contributed by atoms with Gasteiger partial charge in [0.25, 0.3) is 5.91 Å². The Bertz CT molecular complexity index is 383. The molecular weight excluding hydrogens is 261 g/mol. The zero-order valence-corrected chi connectivity index (χ0v) is 9.71. The molecule has 1 aromatic rings. The summed E-state index contributed by atoms with van der Waals surface area (Å²) in [5.74, 6) is -0.657. The second-order valence-corrected chi connectivity index (χ2v) is 4.91. The van der Waals surface area contributed by atoms with Gasteiger partial charge in [0.15, 0.2) is 0 Å². The summed E-state index contributed by atoms with van der Waals surface area (Å²) in [6.07, 6.45) is 0.931. The van der Waals surface area contributed by atoms with Crippen LogP contribution in [0.15, 0.2) is 24.3 Å². The van der Waals surface area contributed by atoms with Gasteiger partial charge in [-0.15, -0.1) is 0 Å². The molecule has 1 aromatic carbocycles. The highest BCUT2D eigenvalue weighted by molar-refractivity contribution is 9.09. The summed E-state index contributed by atoms with van der Waals surface area (Å²) in [5, 5.41) is 0. The average molecular weight is 272 g/mol. The van der Waals surface area contributed by atoms with Gasteiger partial charge in [0, 0.05) is 17.9 Å². The number of likely N-dealkylation sites (tertiary alicyclic amines) is 1. The molecule has 80 valence electrons. The van der Waals surface area contributed by atoms with Crippen LogP contribution < -0.4 is 0 Å². The Balaban J connectivity index is 2.18. The fourth-order valence-corrected chi connectivity index (χ4v) is 2.26. The maximum absolute atomic E-state index is 13.3. The molecule has 1 fully saturated rings. The molecule has 2 rings (SSSR count). The predicted molar refractivity (Wildman–Crippen MR) is 59.6 cm³/mol. The number of amides is 1. The molecule has 1 amide bonds. The second kappa shape index (κ2) is 4.31. The van der Waals surface area contributed by atoms with Crippen LogP contribution in [0.3, 0.4) is 0 Å². The van der Waals surface area contributed by atoms with Gasteiger partial charge < -0.3 is 4.90 Å². The lowest BCUT2D eigenvalue weighted by molar-refractivity contribution is 0.0789. The average Bonchev–Trinajstić information content (AvgIpc) is 2.65. The zero-order chi connectivity index (χ0) is 10.8. The van der Waals surface area contributed by atoms with E-state index in [2.05, 4.69) is 15.9 Å². The molecule has 1 unspecified atom stereocenters. The van der Waals surface area contributed by atoms with Gasteiger partial charge >= 0.3 is 0 Å². The van der Waals surface area contributed by atoms with Gasteiger partial charge in [-0.05, 0) is 18.6 Å². The van der Waals surface area contributed by atoms with Crippen LogP contribution in [0.4, 0.5) is 4.39 Å². The third-order valence-electron chi connectivity index (χ3n) is 2.52. The van der Waals surface area contributed by atoms with Gasteiger partial charge in [0.1, 0.15) is 5.82 Å². The van der Waals surface area contributed by atoms with Crippen molar-refractivity contribution in [2.24, 2.45) is 0 Å². The van der Waals surface area contributed by atoms with Gasteiger partial charge in [0.05, 0.1) is 5.56 Å². The largest absolute Gasteiger partial charge is 0.337 e. The molecule has 0 N–H and O–H groups in total. The van der Waals surface area contributed by atoms with Crippen molar-refractivity contribution in [2.75, 3.05) is 13.1 Å². The van der Waals surface area contributed by atoms with Crippen LogP contribution >= 0.6 is 15.9 Å². The fourth-order valence-electron chi connectivity index (χ4n) is 1.71. The van der Waals surface area contributed by atoms with Crippen molar-refractivity contribution in [1.82, 2.24) is 4.90 Å². The highest BCUT2D eigenvalue weighted by atomic mass is 79.9. The number of halogens is 2. The van der Waals surface area contributed by atoms with E-state index in [0.717, 1.165) is 6.42 Å². The SMILES string of the molecule is O=C(c1ccccc1F)N1CCC(Br)C1. The van der Waals surface area contributed by atoms with Crippen LogP contribution in [0.5, 0.6) is 0 Å². The minimum absolute atomic E-state index is 0.166. The van der Waals surface area contributed by atoms with Crippen molar-refractivity contribution < 1.29 is 9.18 Å². The molecule has 15 heavy (non-hydrogen) atoms. The minimum Gasteiger partial charge on any atom is -0.337 e. The number of carbonyl (C=O) groups is 1. The van der Waals surface area contributed by atoms with Crippen molar-refractivity contribution in [3.63, 3.8) is 0 Å². The van der Waals surface area contributed by atoms with Crippen molar-refractivity contribution in [1.29, 1.82) is 0 Å². The molecule has 0 bridgehead atoms.